The molecule has 0 fully saturated rings. The predicted octanol–water partition coefficient (Wildman–Crippen LogP) is 2.30. The highest BCUT2D eigenvalue weighted by molar-refractivity contribution is 5.01. The number of aromatic nitrogens is 3. The van der Waals surface area contributed by atoms with Crippen LogP contribution in [0.3, 0.4) is 0 Å². The van der Waals surface area contributed by atoms with Crippen molar-refractivity contribution >= 4 is 0 Å². The van der Waals surface area contributed by atoms with Crippen molar-refractivity contribution in [2.24, 2.45) is 11.7 Å². The van der Waals surface area contributed by atoms with Crippen molar-refractivity contribution in [2.75, 3.05) is 0 Å². The lowest BCUT2D eigenvalue weighted by Crippen LogP contribution is -2.15. The molecule has 1 aromatic rings. The lowest BCUT2D eigenvalue weighted by Gasteiger charge is -2.15. The summed E-state index contributed by atoms with van der Waals surface area (Å²) in [4.78, 5) is 0. The van der Waals surface area contributed by atoms with Crippen molar-refractivity contribution in [1.82, 2.24) is 14.8 Å². The van der Waals surface area contributed by atoms with Crippen LogP contribution in [0.2, 0.25) is 0 Å². The Hall–Kier alpha value is -0.900. The van der Waals surface area contributed by atoms with Gasteiger partial charge < -0.3 is 10.3 Å². The van der Waals surface area contributed by atoms with Gasteiger partial charge >= 0.3 is 0 Å². The zero-order chi connectivity index (χ0) is 12.1. The summed E-state index contributed by atoms with van der Waals surface area (Å²) in [5.74, 6) is 3.06. The van der Waals surface area contributed by atoms with Crippen LogP contribution >= 0.6 is 0 Å². The van der Waals surface area contributed by atoms with Gasteiger partial charge in [0.1, 0.15) is 11.6 Å². The van der Waals surface area contributed by atoms with E-state index in [-0.39, 0.29) is 0 Å². The number of nitrogens with zero attached hydrogens (tertiary/aromatic N) is 3. The fourth-order valence-electron chi connectivity index (χ4n) is 1.99. The molecule has 16 heavy (non-hydrogen) atoms. The Morgan fingerprint density at radius 3 is 2.44 bits per heavy atom. The normalized spacial score (nSPS) is 13.4. The third kappa shape index (κ3) is 3.04. The smallest absolute Gasteiger partial charge is 0.146 e. The molecule has 0 spiro atoms. The maximum absolute atomic E-state index is 5.69. The molecular formula is C12H24N4. The summed E-state index contributed by atoms with van der Waals surface area (Å²) in [7, 11) is 0. The Balaban J connectivity index is 2.94. The van der Waals surface area contributed by atoms with E-state index >= 15 is 0 Å². The van der Waals surface area contributed by atoms with Crippen LogP contribution in [0.4, 0.5) is 0 Å². The SMILES string of the molecule is CCCC(C)c1nnc(CN)n1CC(C)C. The van der Waals surface area contributed by atoms with Crippen LogP contribution in [-0.4, -0.2) is 14.8 Å². The quantitative estimate of drug-likeness (QED) is 0.806. The highest BCUT2D eigenvalue weighted by atomic mass is 15.3. The van der Waals surface area contributed by atoms with Gasteiger partial charge in [0.2, 0.25) is 0 Å². The van der Waals surface area contributed by atoms with Gasteiger partial charge in [0.25, 0.3) is 0 Å². The van der Waals surface area contributed by atoms with Crippen molar-refractivity contribution in [3.8, 4) is 0 Å². The first-order valence-corrected chi connectivity index (χ1v) is 6.22. The zero-order valence-corrected chi connectivity index (χ0v) is 10.9. The molecule has 0 aliphatic heterocycles. The van der Waals surface area contributed by atoms with Crippen LogP contribution in [0.5, 0.6) is 0 Å². The average molecular weight is 224 g/mol. The molecule has 4 nitrogen and oxygen atoms in total. The number of hydrogen-bond acceptors (Lipinski definition) is 3. The van der Waals surface area contributed by atoms with Crippen molar-refractivity contribution < 1.29 is 0 Å². The second-order valence-corrected chi connectivity index (χ2v) is 4.87. The van der Waals surface area contributed by atoms with Crippen molar-refractivity contribution in [1.29, 1.82) is 0 Å². The minimum atomic E-state index is 0.469. The molecule has 1 unspecified atom stereocenters. The highest BCUT2D eigenvalue weighted by Crippen LogP contribution is 2.20. The standard InChI is InChI=1S/C12H24N4/c1-5-6-10(4)12-15-14-11(7-13)16(12)8-9(2)3/h9-10H,5-8,13H2,1-4H3. The molecule has 1 atom stereocenters. The topological polar surface area (TPSA) is 56.7 Å². The van der Waals surface area contributed by atoms with Crippen LogP contribution in [0, 0.1) is 5.92 Å². The first-order valence-electron chi connectivity index (χ1n) is 6.22. The molecule has 0 saturated carbocycles. The zero-order valence-electron chi connectivity index (χ0n) is 10.9. The van der Waals surface area contributed by atoms with Crippen LogP contribution in [0.1, 0.15) is 58.1 Å². The van der Waals surface area contributed by atoms with E-state index in [1.54, 1.807) is 0 Å². The van der Waals surface area contributed by atoms with E-state index in [4.69, 9.17) is 5.73 Å². The summed E-state index contributed by atoms with van der Waals surface area (Å²) in [5, 5.41) is 8.47. The molecule has 0 saturated heterocycles. The Bertz CT molecular complexity index is 317. The van der Waals surface area contributed by atoms with E-state index in [1.165, 1.54) is 6.42 Å². The molecule has 0 aliphatic rings. The summed E-state index contributed by atoms with van der Waals surface area (Å²) >= 11 is 0. The van der Waals surface area contributed by atoms with Crippen LogP contribution < -0.4 is 5.73 Å². The molecule has 1 aromatic heterocycles. The van der Waals surface area contributed by atoms with Gasteiger partial charge in [-0.15, -0.1) is 10.2 Å². The minimum absolute atomic E-state index is 0.469. The van der Waals surface area contributed by atoms with Gasteiger partial charge in [-0.1, -0.05) is 34.1 Å². The molecule has 2 N–H and O–H groups in total. The third-order valence-electron chi connectivity index (χ3n) is 2.75. The second kappa shape index (κ2) is 5.99. The first kappa shape index (κ1) is 13.2. The van der Waals surface area contributed by atoms with E-state index in [2.05, 4.69) is 42.5 Å². The van der Waals surface area contributed by atoms with Gasteiger partial charge in [-0.2, -0.15) is 0 Å². The fraction of sp³-hybridized carbons (Fsp3) is 0.833. The van der Waals surface area contributed by atoms with Gasteiger partial charge in [-0.3, -0.25) is 0 Å². The lowest BCUT2D eigenvalue weighted by molar-refractivity contribution is 0.472. The minimum Gasteiger partial charge on any atom is -0.324 e. The predicted molar refractivity (Wildman–Crippen MR) is 66.1 cm³/mol. The average Bonchev–Trinajstić information content (AvgIpc) is 2.60. The lowest BCUT2D eigenvalue weighted by atomic mass is 10.1. The molecule has 1 rings (SSSR count). The van der Waals surface area contributed by atoms with E-state index < -0.39 is 0 Å². The maximum Gasteiger partial charge on any atom is 0.146 e. The summed E-state index contributed by atoms with van der Waals surface area (Å²) in [6.45, 7) is 10.2. The second-order valence-electron chi connectivity index (χ2n) is 4.87. The summed E-state index contributed by atoms with van der Waals surface area (Å²) in [6.07, 6.45) is 2.33. The summed E-state index contributed by atoms with van der Waals surface area (Å²) < 4.78 is 2.20. The number of hydrogen-bond donors (Lipinski definition) is 1. The maximum atomic E-state index is 5.69. The molecule has 0 aliphatic carbocycles. The van der Waals surface area contributed by atoms with E-state index in [9.17, 15) is 0 Å². The molecule has 0 bridgehead atoms. The Morgan fingerprint density at radius 1 is 1.25 bits per heavy atom. The van der Waals surface area contributed by atoms with Crippen LogP contribution in [0.25, 0.3) is 0 Å². The highest BCUT2D eigenvalue weighted by Gasteiger charge is 2.16. The Kier molecular flexibility index (Phi) is 4.93. The molecule has 0 radical (unpaired) electrons. The summed E-state index contributed by atoms with van der Waals surface area (Å²) in [6, 6.07) is 0. The van der Waals surface area contributed by atoms with Gasteiger partial charge in [-0.25, -0.2) is 0 Å². The monoisotopic (exact) mass is 224 g/mol. The molecule has 4 heteroatoms. The van der Waals surface area contributed by atoms with Crippen LogP contribution in [0.15, 0.2) is 0 Å². The number of rotatable bonds is 6. The first-order chi connectivity index (χ1) is 7.60. The summed E-state index contributed by atoms with van der Waals surface area (Å²) in [5.41, 5.74) is 5.69. The largest absolute Gasteiger partial charge is 0.324 e. The van der Waals surface area contributed by atoms with Crippen molar-refractivity contribution in [2.45, 2.75) is 59.5 Å². The van der Waals surface area contributed by atoms with Gasteiger partial charge in [0.15, 0.2) is 0 Å². The molecule has 1 heterocycles. The molecular weight excluding hydrogens is 200 g/mol. The Labute approximate surface area is 98.2 Å². The van der Waals surface area contributed by atoms with Gasteiger partial charge in [-0.05, 0) is 12.3 Å². The molecule has 0 amide bonds. The molecule has 0 aromatic carbocycles. The fourth-order valence-corrected chi connectivity index (χ4v) is 1.99. The number of nitrogens with two attached hydrogens (primary N) is 1. The van der Waals surface area contributed by atoms with Crippen molar-refractivity contribution in [3.05, 3.63) is 11.6 Å². The van der Waals surface area contributed by atoms with Gasteiger partial charge in [0.05, 0.1) is 6.54 Å². The van der Waals surface area contributed by atoms with E-state index in [0.29, 0.717) is 18.4 Å². The van der Waals surface area contributed by atoms with E-state index in [0.717, 1.165) is 24.6 Å². The van der Waals surface area contributed by atoms with Crippen LogP contribution in [-0.2, 0) is 13.1 Å². The third-order valence-corrected chi connectivity index (χ3v) is 2.75. The Morgan fingerprint density at radius 2 is 1.94 bits per heavy atom. The van der Waals surface area contributed by atoms with E-state index in [1.807, 2.05) is 0 Å². The van der Waals surface area contributed by atoms with Gasteiger partial charge in [0, 0.05) is 12.5 Å². The molecule has 92 valence electrons. The van der Waals surface area contributed by atoms with Crippen molar-refractivity contribution in [3.63, 3.8) is 0 Å².